The minimum atomic E-state index is -0.153. The number of carbonyl (C=O) groups excluding carboxylic acids is 2. The number of nitrogens with one attached hydrogen (secondary N) is 1. The number of amides is 2. The van der Waals surface area contributed by atoms with E-state index in [1.54, 1.807) is 4.90 Å². The molecule has 1 aliphatic rings. The second-order valence-electron chi connectivity index (χ2n) is 8.63. The van der Waals surface area contributed by atoms with Crippen molar-refractivity contribution in [3.63, 3.8) is 0 Å². The Hall–Kier alpha value is -3.33. The van der Waals surface area contributed by atoms with Crippen LogP contribution in [0, 0.1) is 11.3 Å². The van der Waals surface area contributed by atoms with Gasteiger partial charge in [0.05, 0.1) is 12.5 Å². The minimum absolute atomic E-state index is 0.108. The summed E-state index contributed by atoms with van der Waals surface area (Å²) < 4.78 is 0. The largest absolute Gasteiger partial charge is 0.372 e. The molecular weight excluding hydrogens is 412 g/mol. The second-order valence-corrected chi connectivity index (χ2v) is 8.63. The minimum Gasteiger partial charge on any atom is -0.372 e. The van der Waals surface area contributed by atoms with Gasteiger partial charge in [0.15, 0.2) is 0 Å². The fraction of sp³-hybridized carbons (Fsp3) is 0.444. The van der Waals surface area contributed by atoms with Crippen LogP contribution in [0.4, 0.5) is 11.4 Å². The Bertz CT molecular complexity index is 931. The number of benzene rings is 2. The highest BCUT2D eigenvalue weighted by atomic mass is 16.2. The van der Waals surface area contributed by atoms with E-state index in [1.807, 2.05) is 30.3 Å². The van der Waals surface area contributed by atoms with Crippen LogP contribution in [0.1, 0.15) is 56.9 Å². The summed E-state index contributed by atoms with van der Waals surface area (Å²) in [5.41, 5.74) is 2.99. The Morgan fingerprint density at radius 2 is 1.67 bits per heavy atom. The van der Waals surface area contributed by atoms with Gasteiger partial charge in [0.1, 0.15) is 0 Å². The molecule has 0 radical (unpaired) electrons. The van der Waals surface area contributed by atoms with E-state index < -0.39 is 0 Å². The van der Waals surface area contributed by atoms with Crippen LogP contribution in [0.3, 0.4) is 0 Å². The summed E-state index contributed by atoms with van der Waals surface area (Å²) in [5.74, 6) is -0.304. The maximum absolute atomic E-state index is 12.7. The lowest BCUT2D eigenvalue weighted by Crippen LogP contribution is -2.33. The summed E-state index contributed by atoms with van der Waals surface area (Å²) in [4.78, 5) is 29.0. The third-order valence-electron chi connectivity index (χ3n) is 6.34. The zero-order valence-electron chi connectivity index (χ0n) is 19.5. The third-order valence-corrected chi connectivity index (χ3v) is 6.34. The van der Waals surface area contributed by atoms with Crippen molar-refractivity contribution in [1.29, 1.82) is 5.26 Å². The SMILES string of the molecule is CN(c1ccc(CNC(=O)CCC(=O)N(CCC#N)c2ccccc2)cc1)C1CCCCC1. The number of anilines is 2. The van der Waals surface area contributed by atoms with Gasteiger partial charge in [0, 0.05) is 50.4 Å². The molecule has 1 saturated carbocycles. The monoisotopic (exact) mass is 446 g/mol. The van der Waals surface area contributed by atoms with E-state index in [0.29, 0.717) is 19.1 Å². The van der Waals surface area contributed by atoms with Gasteiger partial charge in [0.2, 0.25) is 11.8 Å². The number of carbonyl (C=O) groups is 2. The average Bonchev–Trinajstić information content (AvgIpc) is 2.87. The molecule has 0 aromatic heterocycles. The van der Waals surface area contributed by atoms with Crippen molar-refractivity contribution in [2.75, 3.05) is 23.4 Å². The van der Waals surface area contributed by atoms with E-state index in [4.69, 9.17) is 5.26 Å². The van der Waals surface area contributed by atoms with Crippen molar-refractivity contribution in [3.8, 4) is 6.07 Å². The normalized spacial score (nSPS) is 13.7. The molecule has 0 atom stereocenters. The van der Waals surface area contributed by atoms with Crippen molar-refractivity contribution in [1.82, 2.24) is 5.32 Å². The van der Waals surface area contributed by atoms with Crippen LogP contribution in [0.2, 0.25) is 0 Å². The van der Waals surface area contributed by atoms with Gasteiger partial charge in [-0.3, -0.25) is 9.59 Å². The molecule has 174 valence electrons. The summed E-state index contributed by atoms with van der Waals surface area (Å²) in [7, 11) is 2.17. The highest BCUT2D eigenvalue weighted by Gasteiger charge is 2.19. The number of hydrogen-bond acceptors (Lipinski definition) is 4. The predicted molar refractivity (Wildman–Crippen MR) is 132 cm³/mol. The summed E-state index contributed by atoms with van der Waals surface area (Å²) in [6.45, 7) is 0.764. The van der Waals surface area contributed by atoms with E-state index in [9.17, 15) is 9.59 Å². The van der Waals surface area contributed by atoms with Crippen LogP contribution in [-0.2, 0) is 16.1 Å². The van der Waals surface area contributed by atoms with Crippen LogP contribution < -0.4 is 15.1 Å². The van der Waals surface area contributed by atoms with Crippen molar-refractivity contribution in [3.05, 3.63) is 60.2 Å². The predicted octanol–water partition coefficient (Wildman–Crippen LogP) is 4.80. The van der Waals surface area contributed by atoms with Gasteiger partial charge in [-0.2, -0.15) is 5.26 Å². The molecule has 0 bridgehead atoms. The molecule has 1 fully saturated rings. The van der Waals surface area contributed by atoms with Gasteiger partial charge >= 0.3 is 0 Å². The van der Waals surface area contributed by atoms with Gasteiger partial charge in [-0.15, -0.1) is 0 Å². The first-order valence-electron chi connectivity index (χ1n) is 11.9. The smallest absolute Gasteiger partial charge is 0.227 e. The Morgan fingerprint density at radius 1 is 0.970 bits per heavy atom. The molecule has 0 aliphatic heterocycles. The Balaban J connectivity index is 1.45. The highest BCUT2D eigenvalue weighted by Crippen LogP contribution is 2.26. The quantitative estimate of drug-likeness (QED) is 0.569. The molecule has 0 heterocycles. The van der Waals surface area contributed by atoms with Crippen LogP contribution in [-0.4, -0.2) is 31.4 Å². The van der Waals surface area contributed by atoms with E-state index in [-0.39, 0.29) is 31.1 Å². The van der Waals surface area contributed by atoms with Gasteiger partial charge < -0.3 is 15.1 Å². The van der Waals surface area contributed by atoms with E-state index in [0.717, 1.165) is 11.3 Å². The van der Waals surface area contributed by atoms with Crippen LogP contribution in [0.25, 0.3) is 0 Å². The lowest BCUT2D eigenvalue weighted by Gasteiger charge is -2.33. The Labute approximate surface area is 197 Å². The number of para-hydroxylation sites is 1. The average molecular weight is 447 g/mol. The van der Waals surface area contributed by atoms with Crippen molar-refractivity contribution in [2.45, 2.75) is 64.0 Å². The summed E-state index contributed by atoms with van der Waals surface area (Å²) >= 11 is 0. The first-order valence-corrected chi connectivity index (χ1v) is 11.9. The topological polar surface area (TPSA) is 76.4 Å². The van der Waals surface area contributed by atoms with E-state index in [1.165, 1.54) is 37.8 Å². The molecule has 2 aromatic rings. The molecule has 6 nitrogen and oxygen atoms in total. The van der Waals surface area contributed by atoms with E-state index in [2.05, 4.69) is 47.6 Å². The van der Waals surface area contributed by atoms with Gasteiger partial charge in [-0.25, -0.2) is 0 Å². The summed E-state index contributed by atoms with van der Waals surface area (Å²) in [6.07, 6.45) is 6.95. The van der Waals surface area contributed by atoms with Gasteiger partial charge in [-0.05, 0) is 42.7 Å². The van der Waals surface area contributed by atoms with Crippen LogP contribution in [0.5, 0.6) is 0 Å². The molecule has 0 saturated heterocycles. The molecule has 0 spiro atoms. The van der Waals surface area contributed by atoms with Crippen LogP contribution >= 0.6 is 0 Å². The molecule has 2 aromatic carbocycles. The maximum Gasteiger partial charge on any atom is 0.227 e. The molecule has 0 unspecified atom stereocenters. The fourth-order valence-electron chi connectivity index (χ4n) is 4.34. The molecule has 6 heteroatoms. The zero-order valence-corrected chi connectivity index (χ0v) is 19.5. The fourth-order valence-corrected chi connectivity index (χ4v) is 4.34. The summed E-state index contributed by atoms with van der Waals surface area (Å²) in [6, 6.07) is 20.3. The maximum atomic E-state index is 12.7. The second kappa shape index (κ2) is 12.6. The van der Waals surface area contributed by atoms with Crippen molar-refractivity contribution >= 4 is 23.2 Å². The van der Waals surface area contributed by atoms with Crippen molar-refractivity contribution < 1.29 is 9.59 Å². The molecule has 1 N–H and O–H groups in total. The zero-order chi connectivity index (χ0) is 23.5. The number of rotatable bonds is 10. The van der Waals surface area contributed by atoms with Gasteiger partial charge in [0.25, 0.3) is 0 Å². The van der Waals surface area contributed by atoms with Crippen LogP contribution in [0.15, 0.2) is 54.6 Å². The standard InChI is InChI=1S/C27H34N4O2/c1-30(23-9-4-2-5-10-23)24-15-13-22(14-16-24)21-29-26(32)17-18-27(33)31(20-8-19-28)25-11-6-3-7-12-25/h3,6-7,11-16,23H,2,4-5,8-10,17-18,20-21H2,1H3,(H,29,32). The third kappa shape index (κ3) is 7.35. The highest BCUT2D eigenvalue weighted by molar-refractivity contribution is 5.95. The lowest BCUT2D eigenvalue weighted by atomic mass is 9.94. The number of hydrogen-bond donors (Lipinski definition) is 1. The van der Waals surface area contributed by atoms with E-state index >= 15 is 0 Å². The number of nitriles is 1. The number of nitrogens with zero attached hydrogens (tertiary/aromatic N) is 3. The molecule has 2 amide bonds. The molecule has 1 aliphatic carbocycles. The molecule has 3 rings (SSSR count). The molecule has 33 heavy (non-hydrogen) atoms. The van der Waals surface area contributed by atoms with Gasteiger partial charge in [-0.1, -0.05) is 49.6 Å². The Morgan fingerprint density at radius 3 is 2.33 bits per heavy atom. The lowest BCUT2D eigenvalue weighted by molar-refractivity contribution is -0.125. The first kappa shape index (κ1) is 24.3. The molecular formula is C27H34N4O2. The summed E-state index contributed by atoms with van der Waals surface area (Å²) in [5, 5.41) is 11.8. The first-order chi connectivity index (χ1) is 16.1. The van der Waals surface area contributed by atoms with Crippen molar-refractivity contribution in [2.24, 2.45) is 0 Å². The Kier molecular flexibility index (Phi) is 9.31.